The van der Waals surface area contributed by atoms with E-state index in [0.717, 1.165) is 29.0 Å². The summed E-state index contributed by atoms with van der Waals surface area (Å²) in [5.41, 5.74) is 3.33. The van der Waals surface area contributed by atoms with Crippen LogP contribution in [-0.4, -0.2) is 6.79 Å². The highest BCUT2D eigenvalue weighted by Crippen LogP contribution is 2.32. The second-order valence-corrected chi connectivity index (χ2v) is 5.23. The summed E-state index contributed by atoms with van der Waals surface area (Å²) in [6, 6.07) is 16.0. The van der Waals surface area contributed by atoms with Gasteiger partial charge in [-0.2, -0.15) is 5.26 Å². The van der Waals surface area contributed by atoms with Gasteiger partial charge in [0.05, 0.1) is 6.07 Å². The number of aryl methyl sites for hydroxylation is 1. The first-order valence-corrected chi connectivity index (χ1v) is 7.40. The van der Waals surface area contributed by atoms with Gasteiger partial charge in [-0.15, -0.1) is 0 Å². The second-order valence-electron chi connectivity index (χ2n) is 5.23. The van der Waals surface area contributed by atoms with Crippen molar-refractivity contribution in [2.24, 2.45) is 0 Å². The van der Waals surface area contributed by atoms with Crippen LogP contribution in [0.5, 0.6) is 11.5 Å². The fourth-order valence-corrected chi connectivity index (χ4v) is 2.45. The molecule has 0 saturated carbocycles. The number of hydrogen-bond acceptors (Lipinski definition) is 4. The number of hydrogen-bond donors (Lipinski definition) is 1. The van der Waals surface area contributed by atoms with Gasteiger partial charge < -0.3 is 9.47 Å². The number of fused-ring (bicyclic) bond motifs is 1. The third-order valence-corrected chi connectivity index (χ3v) is 3.80. The largest absolute Gasteiger partial charge is 0.454 e. The molecule has 1 unspecified atom stereocenters. The molecule has 0 amide bonds. The molecule has 0 aliphatic carbocycles. The standard InChI is InChI=1S/C18H18N2O2/c1-2-13-3-6-15(7-4-13)16(10-19)20-11-14-5-8-17-18(9-14)22-12-21-17/h3-9,16,20H,2,11-12H2,1H3. The topological polar surface area (TPSA) is 54.3 Å². The van der Waals surface area contributed by atoms with E-state index in [-0.39, 0.29) is 12.8 Å². The average molecular weight is 294 g/mol. The first-order chi connectivity index (χ1) is 10.8. The summed E-state index contributed by atoms with van der Waals surface area (Å²) in [5.74, 6) is 1.54. The molecule has 0 spiro atoms. The van der Waals surface area contributed by atoms with Crippen LogP contribution < -0.4 is 14.8 Å². The molecule has 0 aromatic heterocycles. The molecule has 1 heterocycles. The van der Waals surface area contributed by atoms with E-state index >= 15 is 0 Å². The van der Waals surface area contributed by atoms with Crippen molar-refractivity contribution < 1.29 is 9.47 Å². The Morgan fingerprint density at radius 2 is 1.82 bits per heavy atom. The van der Waals surface area contributed by atoms with Crippen molar-refractivity contribution in [3.8, 4) is 17.6 Å². The summed E-state index contributed by atoms with van der Waals surface area (Å²) in [4.78, 5) is 0. The van der Waals surface area contributed by atoms with Crippen LogP contribution in [-0.2, 0) is 13.0 Å². The predicted octanol–water partition coefficient (Wildman–Crippen LogP) is 3.33. The zero-order chi connectivity index (χ0) is 15.4. The maximum absolute atomic E-state index is 9.38. The summed E-state index contributed by atoms with van der Waals surface area (Å²) in [7, 11) is 0. The molecular weight excluding hydrogens is 276 g/mol. The summed E-state index contributed by atoms with van der Waals surface area (Å²) in [6.45, 7) is 3.00. The lowest BCUT2D eigenvalue weighted by Crippen LogP contribution is -2.19. The highest BCUT2D eigenvalue weighted by molar-refractivity contribution is 5.44. The fourth-order valence-electron chi connectivity index (χ4n) is 2.45. The van der Waals surface area contributed by atoms with E-state index in [0.29, 0.717) is 6.54 Å². The fraction of sp³-hybridized carbons (Fsp3) is 0.278. The van der Waals surface area contributed by atoms with Crippen LogP contribution >= 0.6 is 0 Å². The van der Waals surface area contributed by atoms with E-state index < -0.39 is 0 Å². The number of ether oxygens (including phenoxy) is 2. The minimum absolute atomic E-state index is 0.275. The van der Waals surface area contributed by atoms with E-state index in [2.05, 4.69) is 30.4 Å². The van der Waals surface area contributed by atoms with Crippen LogP contribution in [0.1, 0.15) is 29.7 Å². The first-order valence-electron chi connectivity index (χ1n) is 7.40. The van der Waals surface area contributed by atoms with Gasteiger partial charge in [-0.05, 0) is 35.2 Å². The van der Waals surface area contributed by atoms with Gasteiger partial charge in [0.2, 0.25) is 6.79 Å². The van der Waals surface area contributed by atoms with Gasteiger partial charge in [0.1, 0.15) is 6.04 Å². The molecular formula is C18H18N2O2. The molecule has 1 aliphatic rings. The van der Waals surface area contributed by atoms with Crippen LogP contribution in [0.25, 0.3) is 0 Å². The van der Waals surface area contributed by atoms with Gasteiger partial charge in [0.15, 0.2) is 11.5 Å². The van der Waals surface area contributed by atoms with Crippen LogP contribution in [0.4, 0.5) is 0 Å². The van der Waals surface area contributed by atoms with Gasteiger partial charge in [-0.25, -0.2) is 0 Å². The third kappa shape index (κ3) is 3.05. The molecule has 2 aromatic carbocycles. The SMILES string of the molecule is CCc1ccc(C(C#N)NCc2ccc3c(c2)OCO3)cc1. The smallest absolute Gasteiger partial charge is 0.231 e. The second kappa shape index (κ2) is 6.50. The van der Waals surface area contributed by atoms with Crippen molar-refractivity contribution in [3.63, 3.8) is 0 Å². The quantitative estimate of drug-likeness (QED) is 0.919. The molecule has 1 aliphatic heterocycles. The molecule has 0 saturated heterocycles. The van der Waals surface area contributed by atoms with Gasteiger partial charge in [-0.1, -0.05) is 37.3 Å². The number of benzene rings is 2. The Labute approximate surface area is 130 Å². The van der Waals surface area contributed by atoms with Gasteiger partial charge in [0.25, 0.3) is 0 Å². The molecule has 4 heteroatoms. The minimum Gasteiger partial charge on any atom is -0.454 e. The van der Waals surface area contributed by atoms with E-state index in [1.165, 1.54) is 5.56 Å². The molecule has 0 fully saturated rings. The highest BCUT2D eigenvalue weighted by Gasteiger charge is 2.14. The normalized spacial score (nSPS) is 13.6. The van der Waals surface area contributed by atoms with Crippen LogP contribution in [0.15, 0.2) is 42.5 Å². The first kappa shape index (κ1) is 14.4. The Kier molecular flexibility index (Phi) is 4.27. The van der Waals surface area contributed by atoms with Crippen molar-refractivity contribution in [1.82, 2.24) is 5.32 Å². The van der Waals surface area contributed by atoms with Crippen molar-refractivity contribution in [3.05, 3.63) is 59.2 Å². The summed E-state index contributed by atoms with van der Waals surface area (Å²) < 4.78 is 10.7. The van der Waals surface area contributed by atoms with Crippen molar-refractivity contribution in [1.29, 1.82) is 5.26 Å². The maximum atomic E-state index is 9.38. The lowest BCUT2D eigenvalue weighted by molar-refractivity contribution is 0.174. The zero-order valence-electron chi connectivity index (χ0n) is 12.5. The monoisotopic (exact) mass is 294 g/mol. The molecule has 112 valence electrons. The molecule has 2 aromatic rings. The Bertz CT molecular complexity index is 689. The van der Waals surface area contributed by atoms with E-state index in [1.54, 1.807) is 0 Å². The Morgan fingerprint density at radius 3 is 2.55 bits per heavy atom. The molecule has 22 heavy (non-hydrogen) atoms. The van der Waals surface area contributed by atoms with Gasteiger partial charge >= 0.3 is 0 Å². The summed E-state index contributed by atoms with van der Waals surface area (Å²) in [6.07, 6.45) is 1.00. The lowest BCUT2D eigenvalue weighted by atomic mass is 10.0. The van der Waals surface area contributed by atoms with Crippen LogP contribution in [0, 0.1) is 11.3 Å². The number of nitrogens with zero attached hydrogens (tertiary/aromatic N) is 1. The number of nitriles is 1. The Hall–Kier alpha value is -2.51. The molecule has 4 nitrogen and oxygen atoms in total. The van der Waals surface area contributed by atoms with Crippen molar-refractivity contribution in [2.75, 3.05) is 6.79 Å². The predicted molar refractivity (Wildman–Crippen MR) is 83.6 cm³/mol. The zero-order valence-corrected chi connectivity index (χ0v) is 12.5. The molecule has 3 rings (SSSR count). The van der Waals surface area contributed by atoms with Gasteiger partial charge in [0, 0.05) is 6.54 Å². The summed E-state index contributed by atoms with van der Waals surface area (Å²) >= 11 is 0. The number of nitrogens with one attached hydrogen (secondary N) is 1. The molecule has 0 bridgehead atoms. The van der Waals surface area contributed by atoms with E-state index in [9.17, 15) is 5.26 Å². The lowest BCUT2D eigenvalue weighted by Gasteiger charge is -2.13. The Morgan fingerprint density at radius 1 is 1.09 bits per heavy atom. The van der Waals surface area contributed by atoms with E-state index in [1.807, 2.05) is 30.3 Å². The maximum Gasteiger partial charge on any atom is 0.231 e. The van der Waals surface area contributed by atoms with Crippen molar-refractivity contribution in [2.45, 2.75) is 25.9 Å². The molecule has 1 atom stereocenters. The average Bonchev–Trinajstić information content (AvgIpc) is 3.03. The summed E-state index contributed by atoms with van der Waals surface area (Å²) in [5, 5.41) is 12.7. The minimum atomic E-state index is -0.323. The Balaban J connectivity index is 1.67. The van der Waals surface area contributed by atoms with Crippen LogP contribution in [0.3, 0.4) is 0 Å². The van der Waals surface area contributed by atoms with Crippen LogP contribution in [0.2, 0.25) is 0 Å². The van der Waals surface area contributed by atoms with Crippen molar-refractivity contribution >= 4 is 0 Å². The van der Waals surface area contributed by atoms with Gasteiger partial charge in [-0.3, -0.25) is 5.32 Å². The number of rotatable bonds is 5. The molecule has 0 radical (unpaired) electrons. The molecule has 1 N–H and O–H groups in total. The van der Waals surface area contributed by atoms with E-state index in [4.69, 9.17) is 9.47 Å². The third-order valence-electron chi connectivity index (χ3n) is 3.80. The highest BCUT2D eigenvalue weighted by atomic mass is 16.7.